The lowest BCUT2D eigenvalue weighted by atomic mass is 10.1. The molecule has 2 aromatic carbocycles. The molecule has 28 heavy (non-hydrogen) atoms. The number of fused-ring (bicyclic) bond motifs is 1. The molecule has 0 aromatic heterocycles. The smallest absolute Gasteiger partial charge is 0.261 e. The summed E-state index contributed by atoms with van der Waals surface area (Å²) in [5.74, 6) is 0.00499. The Labute approximate surface area is 164 Å². The second-order valence-electron chi connectivity index (χ2n) is 7.36. The summed E-state index contributed by atoms with van der Waals surface area (Å²) in [7, 11) is 3.26. The SMILES string of the molecule is COc1ccc(CN2C(=O)c3ccccc3C2=O)cc1C(=O)N(C)CC(C)C. The highest BCUT2D eigenvalue weighted by atomic mass is 16.5. The topological polar surface area (TPSA) is 66.9 Å². The fourth-order valence-corrected chi connectivity index (χ4v) is 3.42. The maximum absolute atomic E-state index is 12.9. The number of benzene rings is 2. The fourth-order valence-electron chi connectivity index (χ4n) is 3.42. The number of carbonyl (C=O) groups is 3. The van der Waals surface area contributed by atoms with Crippen LogP contribution in [0, 0.1) is 5.92 Å². The van der Waals surface area contributed by atoms with Crippen molar-refractivity contribution in [3.05, 3.63) is 64.7 Å². The average Bonchev–Trinajstić information content (AvgIpc) is 2.92. The summed E-state index contributed by atoms with van der Waals surface area (Å²) < 4.78 is 5.34. The first kappa shape index (κ1) is 19.6. The van der Waals surface area contributed by atoms with Gasteiger partial charge in [-0.25, -0.2) is 0 Å². The molecule has 0 radical (unpaired) electrons. The molecule has 2 aromatic rings. The average molecular weight is 380 g/mol. The summed E-state index contributed by atoms with van der Waals surface area (Å²) in [6.45, 7) is 4.80. The third-order valence-electron chi connectivity index (χ3n) is 4.70. The second-order valence-corrected chi connectivity index (χ2v) is 7.36. The van der Waals surface area contributed by atoms with E-state index in [2.05, 4.69) is 0 Å². The van der Waals surface area contributed by atoms with Gasteiger partial charge in [-0.2, -0.15) is 0 Å². The van der Waals surface area contributed by atoms with Gasteiger partial charge >= 0.3 is 0 Å². The molecule has 0 aliphatic carbocycles. The third-order valence-corrected chi connectivity index (χ3v) is 4.70. The zero-order valence-corrected chi connectivity index (χ0v) is 16.6. The van der Waals surface area contributed by atoms with E-state index >= 15 is 0 Å². The molecule has 0 atom stereocenters. The number of ether oxygens (including phenoxy) is 1. The van der Waals surface area contributed by atoms with E-state index in [1.54, 1.807) is 54.4 Å². The van der Waals surface area contributed by atoms with Gasteiger partial charge in [-0.3, -0.25) is 19.3 Å². The molecule has 0 saturated carbocycles. The molecule has 1 aliphatic rings. The Morgan fingerprint density at radius 3 is 2.21 bits per heavy atom. The third kappa shape index (κ3) is 3.63. The summed E-state index contributed by atoms with van der Waals surface area (Å²) in [6, 6.07) is 11.9. The molecule has 6 heteroatoms. The van der Waals surface area contributed by atoms with Crippen LogP contribution in [0.1, 0.15) is 50.5 Å². The van der Waals surface area contributed by atoms with E-state index in [4.69, 9.17) is 4.74 Å². The molecule has 0 saturated heterocycles. The minimum atomic E-state index is -0.318. The van der Waals surface area contributed by atoms with Crippen LogP contribution >= 0.6 is 0 Å². The lowest BCUT2D eigenvalue weighted by molar-refractivity contribution is 0.0642. The van der Waals surface area contributed by atoms with Crippen molar-refractivity contribution >= 4 is 17.7 Å². The van der Waals surface area contributed by atoms with Crippen LogP contribution in [-0.4, -0.2) is 48.2 Å². The van der Waals surface area contributed by atoms with Crippen molar-refractivity contribution in [3.63, 3.8) is 0 Å². The Kier molecular flexibility index (Phi) is 5.49. The summed E-state index contributed by atoms with van der Waals surface area (Å²) in [5.41, 5.74) is 1.93. The van der Waals surface area contributed by atoms with E-state index in [1.165, 1.54) is 12.0 Å². The standard InChI is InChI=1S/C22H24N2O4/c1-14(2)12-23(3)20(25)18-11-15(9-10-19(18)28-4)13-24-21(26)16-7-5-6-8-17(16)22(24)27/h5-11,14H,12-13H2,1-4H3. The second kappa shape index (κ2) is 7.84. The van der Waals surface area contributed by atoms with Crippen LogP contribution in [0.2, 0.25) is 0 Å². The van der Waals surface area contributed by atoms with Gasteiger partial charge in [0.25, 0.3) is 17.7 Å². The summed E-state index contributed by atoms with van der Waals surface area (Å²) in [6.07, 6.45) is 0. The number of nitrogens with zero attached hydrogens (tertiary/aromatic N) is 2. The quantitative estimate of drug-likeness (QED) is 0.722. The summed E-state index contributed by atoms with van der Waals surface area (Å²) in [5, 5.41) is 0. The van der Waals surface area contributed by atoms with E-state index in [9.17, 15) is 14.4 Å². The highest BCUT2D eigenvalue weighted by Crippen LogP contribution is 2.27. The van der Waals surface area contributed by atoms with E-state index in [-0.39, 0.29) is 24.3 Å². The molecule has 0 unspecified atom stereocenters. The number of imide groups is 1. The summed E-state index contributed by atoms with van der Waals surface area (Å²) in [4.78, 5) is 40.9. The molecule has 1 heterocycles. The van der Waals surface area contributed by atoms with E-state index in [0.29, 0.717) is 40.5 Å². The predicted octanol–water partition coefficient (Wildman–Crippen LogP) is 3.22. The maximum Gasteiger partial charge on any atom is 0.261 e. The van der Waals surface area contributed by atoms with Crippen molar-refractivity contribution in [2.75, 3.05) is 20.7 Å². The van der Waals surface area contributed by atoms with Crippen molar-refractivity contribution in [2.45, 2.75) is 20.4 Å². The van der Waals surface area contributed by atoms with Crippen LogP contribution in [0.25, 0.3) is 0 Å². The van der Waals surface area contributed by atoms with Gasteiger partial charge in [-0.05, 0) is 35.7 Å². The first-order chi connectivity index (χ1) is 13.3. The maximum atomic E-state index is 12.9. The van der Waals surface area contributed by atoms with Crippen LogP contribution in [0.15, 0.2) is 42.5 Å². The highest BCUT2D eigenvalue weighted by molar-refractivity contribution is 6.21. The predicted molar refractivity (Wildman–Crippen MR) is 105 cm³/mol. The van der Waals surface area contributed by atoms with Gasteiger partial charge in [-0.1, -0.05) is 32.0 Å². The normalized spacial score (nSPS) is 13.1. The van der Waals surface area contributed by atoms with E-state index in [0.717, 1.165) is 0 Å². The van der Waals surface area contributed by atoms with Gasteiger partial charge < -0.3 is 9.64 Å². The van der Waals surface area contributed by atoms with Crippen LogP contribution in [-0.2, 0) is 6.54 Å². The number of methoxy groups -OCH3 is 1. The van der Waals surface area contributed by atoms with Crippen molar-refractivity contribution in [1.29, 1.82) is 0 Å². The van der Waals surface area contributed by atoms with Crippen molar-refractivity contribution < 1.29 is 19.1 Å². The first-order valence-corrected chi connectivity index (χ1v) is 9.21. The molecule has 3 amide bonds. The van der Waals surface area contributed by atoms with Gasteiger partial charge in [0, 0.05) is 13.6 Å². The molecule has 0 N–H and O–H groups in total. The van der Waals surface area contributed by atoms with E-state index < -0.39 is 0 Å². The van der Waals surface area contributed by atoms with Crippen LogP contribution < -0.4 is 4.74 Å². The minimum absolute atomic E-state index is 0.102. The van der Waals surface area contributed by atoms with Gasteiger partial charge in [0.2, 0.25) is 0 Å². The number of hydrogen-bond donors (Lipinski definition) is 0. The Bertz CT molecular complexity index is 901. The van der Waals surface area contributed by atoms with Crippen LogP contribution in [0.5, 0.6) is 5.75 Å². The number of hydrogen-bond acceptors (Lipinski definition) is 4. The molecule has 0 spiro atoms. The Balaban J connectivity index is 1.87. The number of carbonyl (C=O) groups excluding carboxylic acids is 3. The summed E-state index contributed by atoms with van der Waals surface area (Å²) >= 11 is 0. The van der Waals surface area contributed by atoms with E-state index in [1.807, 2.05) is 13.8 Å². The molecular weight excluding hydrogens is 356 g/mol. The molecular formula is C22H24N2O4. The monoisotopic (exact) mass is 380 g/mol. The van der Waals surface area contributed by atoms with Gasteiger partial charge in [-0.15, -0.1) is 0 Å². The van der Waals surface area contributed by atoms with Crippen LogP contribution in [0.4, 0.5) is 0 Å². The number of rotatable bonds is 6. The van der Waals surface area contributed by atoms with Crippen molar-refractivity contribution in [2.24, 2.45) is 5.92 Å². The minimum Gasteiger partial charge on any atom is -0.496 e. The molecule has 0 bridgehead atoms. The zero-order chi connectivity index (χ0) is 20.4. The van der Waals surface area contributed by atoms with Crippen molar-refractivity contribution in [3.8, 4) is 5.75 Å². The molecule has 0 fully saturated rings. The zero-order valence-electron chi connectivity index (χ0n) is 16.6. The van der Waals surface area contributed by atoms with Crippen molar-refractivity contribution in [1.82, 2.24) is 9.80 Å². The molecule has 6 nitrogen and oxygen atoms in total. The van der Waals surface area contributed by atoms with Crippen LogP contribution in [0.3, 0.4) is 0 Å². The lowest BCUT2D eigenvalue weighted by Gasteiger charge is -2.21. The number of amides is 3. The van der Waals surface area contributed by atoms with Gasteiger partial charge in [0.05, 0.1) is 30.3 Å². The Hall–Kier alpha value is -3.15. The lowest BCUT2D eigenvalue weighted by Crippen LogP contribution is -2.31. The highest BCUT2D eigenvalue weighted by Gasteiger charge is 2.35. The van der Waals surface area contributed by atoms with Gasteiger partial charge in [0.15, 0.2) is 0 Å². The Morgan fingerprint density at radius 1 is 1.07 bits per heavy atom. The first-order valence-electron chi connectivity index (χ1n) is 9.21. The molecule has 146 valence electrons. The van der Waals surface area contributed by atoms with Gasteiger partial charge in [0.1, 0.15) is 5.75 Å². The molecule has 1 aliphatic heterocycles. The Morgan fingerprint density at radius 2 is 1.68 bits per heavy atom. The molecule has 3 rings (SSSR count). The fraction of sp³-hybridized carbons (Fsp3) is 0.318. The largest absolute Gasteiger partial charge is 0.496 e.